The van der Waals surface area contributed by atoms with Gasteiger partial charge in [-0.2, -0.15) is 0 Å². The summed E-state index contributed by atoms with van der Waals surface area (Å²) in [4.78, 5) is 34.4. The SMILES string of the molecule is COC(=O)C1=C(NCc2ccc(-c3ccccc3)cc2)CCCCC1.COC(=O)C1CCCCCC1=O.N/N=N/N=N/N=N/N=N/N=N/N.NCc1ccc(-c2ccccc2)cc1. The molecule has 1 fully saturated rings. The summed E-state index contributed by atoms with van der Waals surface area (Å²) in [5, 5.41) is 32.4. The zero-order valence-corrected chi connectivity index (χ0v) is 35.7. The summed E-state index contributed by atoms with van der Waals surface area (Å²) in [6, 6.07) is 37.7. The Kier molecular flexibility index (Phi) is 24.3. The number of allylic oxidation sites excluding steroid dienone is 1. The highest BCUT2D eigenvalue weighted by molar-refractivity contribution is 5.99. The monoisotopic (exact) mass is 860 g/mol. The number of nitrogens with two attached hydrogens (primary N) is 3. The largest absolute Gasteiger partial charge is 0.468 e. The number of nitrogens with one attached hydrogen (secondary N) is 1. The predicted octanol–water partition coefficient (Wildman–Crippen LogP) is 9.61. The van der Waals surface area contributed by atoms with E-state index in [1.807, 2.05) is 24.3 Å². The van der Waals surface area contributed by atoms with E-state index in [9.17, 15) is 14.4 Å². The second-order valence-corrected chi connectivity index (χ2v) is 13.8. The molecule has 1 unspecified atom stereocenters. The molecule has 0 aromatic heterocycles. The Morgan fingerprint density at radius 2 is 1.03 bits per heavy atom. The average molecular weight is 861 g/mol. The maximum Gasteiger partial charge on any atom is 0.335 e. The minimum atomic E-state index is -0.475. The third-order valence-corrected chi connectivity index (χ3v) is 9.69. The van der Waals surface area contributed by atoms with Crippen LogP contribution in [0.4, 0.5) is 0 Å². The van der Waals surface area contributed by atoms with Gasteiger partial charge in [-0.25, -0.2) is 4.79 Å². The maximum absolute atomic E-state index is 12.0. The Morgan fingerprint density at radius 1 is 0.571 bits per heavy atom. The van der Waals surface area contributed by atoms with Crippen molar-refractivity contribution >= 4 is 17.7 Å². The van der Waals surface area contributed by atoms with E-state index in [4.69, 9.17) is 10.5 Å². The maximum atomic E-state index is 12.0. The summed E-state index contributed by atoms with van der Waals surface area (Å²) >= 11 is 0. The number of carbonyl (C=O) groups excluding carboxylic acids is 3. The van der Waals surface area contributed by atoms with Gasteiger partial charge in [0.1, 0.15) is 11.7 Å². The molecule has 1 atom stereocenters. The molecule has 0 radical (unpaired) electrons. The molecule has 0 aliphatic heterocycles. The van der Waals surface area contributed by atoms with Gasteiger partial charge in [-0.05, 0) is 114 Å². The number of carbonyl (C=O) groups is 3. The van der Waals surface area contributed by atoms with Crippen molar-refractivity contribution in [3.63, 3.8) is 0 Å². The summed E-state index contributed by atoms with van der Waals surface area (Å²) in [6.07, 6.45) is 9.23. The van der Waals surface area contributed by atoms with Crippen LogP contribution in [0.3, 0.4) is 0 Å². The summed E-state index contributed by atoms with van der Waals surface area (Å²) in [6.45, 7) is 1.33. The van der Waals surface area contributed by atoms with Crippen LogP contribution < -0.4 is 22.7 Å². The lowest BCUT2D eigenvalue weighted by Crippen LogP contribution is -2.23. The van der Waals surface area contributed by atoms with Gasteiger partial charge in [0.05, 0.1) is 19.8 Å². The van der Waals surface area contributed by atoms with E-state index in [1.165, 1.54) is 47.6 Å². The van der Waals surface area contributed by atoms with Gasteiger partial charge in [0.2, 0.25) is 0 Å². The molecule has 4 aromatic carbocycles. The van der Waals surface area contributed by atoms with Crippen molar-refractivity contribution in [2.24, 2.45) is 75.6 Å². The van der Waals surface area contributed by atoms with E-state index in [-0.39, 0.29) is 17.7 Å². The van der Waals surface area contributed by atoms with E-state index in [0.29, 0.717) is 19.4 Å². The van der Waals surface area contributed by atoms with Gasteiger partial charge in [0.25, 0.3) is 0 Å². The number of ketones is 1. The molecule has 63 heavy (non-hydrogen) atoms. The van der Waals surface area contributed by atoms with Crippen molar-refractivity contribution in [2.45, 2.75) is 77.3 Å². The second kappa shape index (κ2) is 30.6. The van der Waals surface area contributed by atoms with Crippen LogP contribution in [0, 0.1) is 5.92 Å². The lowest BCUT2D eigenvalue weighted by atomic mass is 9.99. The van der Waals surface area contributed by atoms with Gasteiger partial charge in [-0.3, -0.25) is 9.59 Å². The van der Waals surface area contributed by atoms with Crippen molar-refractivity contribution in [3.05, 3.63) is 132 Å². The molecule has 0 heterocycles. The molecule has 19 heteroatoms. The van der Waals surface area contributed by atoms with E-state index in [2.05, 4.69) is 159 Å². The zero-order valence-electron chi connectivity index (χ0n) is 35.7. The number of esters is 2. The Morgan fingerprint density at radius 3 is 1.52 bits per heavy atom. The number of methoxy groups -OCH3 is 2. The summed E-state index contributed by atoms with van der Waals surface area (Å²) in [5.74, 6) is 8.15. The first kappa shape index (κ1) is 49.9. The van der Waals surface area contributed by atoms with Crippen LogP contribution >= 0.6 is 0 Å². The van der Waals surface area contributed by atoms with Gasteiger partial charge in [-0.15, -0.1) is 0 Å². The van der Waals surface area contributed by atoms with Gasteiger partial charge in [0, 0.05) is 25.2 Å². The van der Waals surface area contributed by atoms with E-state index < -0.39 is 5.92 Å². The minimum Gasteiger partial charge on any atom is -0.468 e. The molecule has 332 valence electrons. The molecular weight excluding hydrogens is 805 g/mol. The molecule has 7 N–H and O–H groups in total. The van der Waals surface area contributed by atoms with Crippen LogP contribution in [-0.4, -0.2) is 31.9 Å². The Labute approximate surface area is 367 Å². The quantitative estimate of drug-likeness (QED) is 0.0263. The molecule has 6 rings (SSSR count). The molecule has 2 aliphatic rings. The van der Waals surface area contributed by atoms with Crippen LogP contribution in [0.1, 0.15) is 75.3 Å². The molecule has 4 aromatic rings. The Bertz CT molecular complexity index is 2100. The van der Waals surface area contributed by atoms with Crippen LogP contribution in [0.5, 0.6) is 0 Å². The number of ether oxygens (including phenoxy) is 2. The topological polar surface area (TPSA) is 283 Å². The lowest BCUT2D eigenvalue weighted by molar-refractivity contribution is -0.149. The number of Topliss-reactive ketones (excluding diaryl/α,β-unsaturated/α-hetero) is 1. The fourth-order valence-corrected chi connectivity index (χ4v) is 6.45. The molecular formula is C44H56N14O5. The van der Waals surface area contributed by atoms with Crippen molar-refractivity contribution in [1.29, 1.82) is 0 Å². The zero-order chi connectivity index (χ0) is 45.3. The Balaban J connectivity index is 0.000000238. The highest BCUT2D eigenvalue weighted by Gasteiger charge is 2.28. The molecule has 19 nitrogen and oxygen atoms in total. The average Bonchev–Trinajstić information content (AvgIpc) is 3.72. The molecule has 0 spiro atoms. The minimum absolute atomic E-state index is 0.0550. The lowest BCUT2D eigenvalue weighted by Gasteiger charge is -2.14. The van der Waals surface area contributed by atoms with Gasteiger partial charge < -0.3 is 32.2 Å². The number of rotatable bonds is 12. The van der Waals surface area contributed by atoms with Crippen LogP contribution in [0.25, 0.3) is 22.3 Å². The highest BCUT2D eigenvalue weighted by atomic mass is 16.5. The molecule has 0 saturated heterocycles. The van der Waals surface area contributed by atoms with E-state index in [1.54, 1.807) is 0 Å². The van der Waals surface area contributed by atoms with Gasteiger partial charge in [0.15, 0.2) is 0 Å². The number of nitrogens with zero attached hydrogens (tertiary/aromatic N) is 10. The van der Waals surface area contributed by atoms with Crippen LogP contribution in [0.15, 0.2) is 173 Å². The number of hydrogen-bond donors (Lipinski definition) is 4. The highest BCUT2D eigenvalue weighted by Crippen LogP contribution is 2.25. The van der Waals surface area contributed by atoms with Crippen molar-refractivity contribution in [1.82, 2.24) is 5.32 Å². The third-order valence-electron chi connectivity index (χ3n) is 9.69. The second-order valence-electron chi connectivity index (χ2n) is 13.8. The number of benzene rings is 4. The van der Waals surface area contributed by atoms with Crippen molar-refractivity contribution < 1.29 is 23.9 Å². The predicted molar refractivity (Wildman–Crippen MR) is 237 cm³/mol. The number of hydrogen-bond acceptors (Lipinski definition) is 9. The summed E-state index contributed by atoms with van der Waals surface area (Å²) < 4.78 is 9.51. The van der Waals surface area contributed by atoms with E-state index >= 15 is 0 Å². The van der Waals surface area contributed by atoms with Crippen LogP contribution in [0.2, 0.25) is 0 Å². The van der Waals surface area contributed by atoms with Crippen LogP contribution in [-0.2, 0) is 36.9 Å². The van der Waals surface area contributed by atoms with E-state index in [0.717, 1.165) is 69.2 Å². The summed E-state index contributed by atoms with van der Waals surface area (Å²) in [5.41, 5.74) is 14.7. The summed E-state index contributed by atoms with van der Waals surface area (Å²) in [7, 11) is 2.79. The Hall–Kier alpha value is -7.41. The first-order valence-corrected chi connectivity index (χ1v) is 20.4. The van der Waals surface area contributed by atoms with Crippen molar-refractivity contribution in [2.75, 3.05) is 14.2 Å². The van der Waals surface area contributed by atoms with Gasteiger partial charge in [-0.1, -0.05) is 139 Å². The standard InChI is InChI=1S/C22H25NO2.C13H13N.C9H14O3.H4N12/c1-25-22(24)20-10-6-3-7-11-21(20)23-16-17-12-14-19(15-13-17)18-8-4-2-5-9-18;14-10-11-6-8-13(9-7-11)12-4-2-1-3-5-12;1-12-9(11)7-5-3-2-4-6-8(7)10;1-3-5-7-9-11-12-10-8-6-4-2/h2,4-5,8-9,12-15,23H,3,6-7,10-11,16H2,1H3;1-9H,10,14H2;7H,2-6H2,1H3;(H2,1,4,5,8,9,12)(H2,2,3,6,7,10,11). The van der Waals surface area contributed by atoms with Gasteiger partial charge >= 0.3 is 11.9 Å². The molecule has 1 saturated carbocycles. The van der Waals surface area contributed by atoms with Crippen molar-refractivity contribution in [3.8, 4) is 22.3 Å². The first-order chi connectivity index (χ1) is 30.8. The fourth-order valence-electron chi connectivity index (χ4n) is 6.45. The third kappa shape index (κ3) is 19.2. The fraction of sp³-hybridized carbons (Fsp3) is 0.341. The molecule has 0 bridgehead atoms. The first-order valence-electron chi connectivity index (χ1n) is 20.4. The molecule has 0 amide bonds. The molecule has 2 aliphatic carbocycles. The smallest absolute Gasteiger partial charge is 0.335 e. The normalized spacial score (nSPS) is 15.4.